The van der Waals surface area contributed by atoms with Gasteiger partial charge in [0, 0.05) is 33.7 Å². The summed E-state index contributed by atoms with van der Waals surface area (Å²) >= 11 is 8.64. The van der Waals surface area contributed by atoms with Gasteiger partial charge in [-0.1, -0.05) is 6.08 Å². The van der Waals surface area contributed by atoms with Crippen LogP contribution in [0, 0.1) is 0 Å². The van der Waals surface area contributed by atoms with Gasteiger partial charge in [-0.3, -0.25) is 4.79 Å². The summed E-state index contributed by atoms with van der Waals surface area (Å²) in [5, 5.41) is 6.08. The predicted octanol–water partition coefficient (Wildman–Crippen LogP) is 4.80. The number of nitrogens with one attached hydrogen (secondary N) is 2. The largest absolute Gasteiger partial charge is 0.380 e. The van der Waals surface area contributed by atoms with E-state index in [2.05, 4.69) is 55.1 Å². The zero-order valence-corrected chi connectivity index (χ0v) is 15.1. The minimum Gasteiger partial charge on any atom is -0.380 e. The molecule has 0 saturated carbocycles. The first-order valence-corrected chi connectivity index (χ1v) is 8.67. The van der Waals surface area contributed by atoms with Crippen LogP contribution >= 0.6 is 43.2 Å². The van der Waals surface area contributed by atoms with Gasteiger partial charge in [0.15, 0.2) is 0 Å². The predicted molar refractivity (Wildman–Crippen MR) is 96.0 cm³/mol. The number of halogens is 2. The van der Waals surface area contributed by atoms with Gasteiger partial charge in [0.1, 0.15) is 0 Å². The number of thiophene rings is 1. The number of hydrogen-bond acceptors (Lipinski definition) is 3. The highest BCUT2D eigenvalue weighted by Gasteiger charge is 2.05. The van der Waals surface area contributed by atoms with Gasteiger partial charge < -0.3 is 10.6 Å². The molecule has 21 heavy (non-hydrogen) atoms. The zero-order chi connectivity index (χ0) is 15.2. The van der Waals surface area contributed by atoms with Gasteiger partial charge in [0.25, 0.3) is 5.91 Å². The first-order chi connectivity index (χ1) is 10.1. The van der Waals surface area contributed by atoms with Crippen LogP contribution in [0.1, 0.15) is 15.2 Å². The second-order valence-corrected chi connectivity index (χ2v) is 7.57. The summed E-state index contributed by atoms with van der Waals surface area (Å²) in [4.78, 5) is 13.0. The minimum absolute atomic E-state index is 0.0902. The Morgan fingerprint density at radius 2 is 2.00 bits per heavy atom. The third kappa shape index (κ3) is 4.69. The van der Waals surface area contributed by atoms with Crippen molar-refractivity contribution in [3.63, 3.8) is 0 Å². The van der Waals surface area contributed by atoms with Gasteiger partial charge in [-0.2, -0.15) is 0 Å². The van der Waals surface area contributed by atoms with Crippen LogP contribution in [0.2, 0.25) is 0 Å². The quantitative estimate of drug-likeness (QED) is 0.647. The van der Waals surface area contributed by atoms with Crippen molar-refractivity contribution in [3.05, 3.63) is 61.7 Å². The van der Waals surface area contributed by atoms with Crippen LogP contribution < -0.4 is 10.6 Å². The molecule has 0 saturated heterocycles. The molecule has 2 aromatic rings. The Bertz CT molecular complexity index is 618. The van der Waals surface area contributed by atoms with E-state index in [1.165, 1.54) is 4.88 Å². The lowest BCUT2D eigenvalue weighted by Crippen LogP contribution is -2.23. The average molecular weight is 430 g/mol. The van der Waals surface area contributed by atoms with Crippen molar-refractivity contribution in [2.45, 2.75) is 6.54 Å². The Kier molecular flexibility index (Phi) is 6.02. The van der Waals surface area contributed by atoms with E-state index in [4.69, 9.17) is 0 Å². The number of carbonyl (C=O) groups excluding carboxylic acids is 1. The zero-order valence-electron chi connectivity index (χ0n) is 11.2. The molecule has 0 radical (unpaired) electrons. The molecule has 0 atom stereocenters. The summed E-state index contributed by atoms with van der Waals surface area (Å²) in [6.45, 7) is 4.79. The van der Waals surface area contributed by atoms with Crippen molar-refractivity contribution in [1.29, 1.82) is 0 Å². The number of carbonyl (C=O) groups is 1. The lowest BCUT2D eigenvalue weighted by Gasteiger charge is -2.06. The second kappa shape index (κ2) is 7.77. The molecule has 1 amide bonds. The summed E-state index contributed by atoms with van der Waals surface area (Å²) < 4.78 is 2.16. The molecule has 0 aliphatic carbocycles. The van der Waals surface area contributed by atoms with Crippen LogP contribution in [0.4, 0.5) is 5.69 Å². The van der Waals surface area contributed by atoms with Gasteiger partial charge >= 0.3 is 0 Å². The maximum atomic E-state index is 11.7. The lowest BCUT2D eigenvalue weighted by atomic mass is 10.2. The van der Waals surface area contributed by atoms with E-state index in [9.17, 15) is 4.79 Å². The van der Waals surface area contributed by atoms with E-state index in [0.717, 1.165) is 20.5 Å². The van der Waals surface area contributed by atoms with Crippen LogP contribution in [0.25, 0.3) is 0 Å². The highest BCUT2D eigenvalue weighted by Crippen LogP contribution is 2.32. The molecule has 1 aromatic carbocycles. The summed E-state index contributed by atoms with van der Waals surface area (Å²) in [6.07, 6.45) is 1.66. The molecule has 0 aliphatic heterocycles. The lowest BCUT2D eigenvalue weighted by molar-refractivity contribution is 0.0958. The normalized spacial score (nSPS) is 10.2. The van der Waals surface area contributed by atoms with E-state index in [-0.39, 0.29) is 5.91 Å². The molecule has 6 heteroatoms. The van der Waals surface area contributed by atoms with Crippen LogP contribution in [0.15, 0.2) is 51.2 Å². The topological polar surface area (TPSA) is 41.1 Å². The molecule has 3 nitrogen and oxygen atoms in total. The Morgan fingerprint density at radius 1 is 1.29 bits per heavy atom. The molecule has 0 aliphatic rings. The average Bonchev–Trinajstić information content (AvgIpc) is 2.82. The highest BCUT2D eigenvalue weighted by atomic mass is 79.9. The Morgan fingerprint density at radius 3 is 2.57 bits per heavy atom. The molecule has 0 fully saturated rings. The number of hydrogen-bond donors (Lipinski definition) is 2. The third-order valence-electron chi connectivity index (χ3n) is 2.72. The molecule has 1 heterocycles. The molecule has 110 valence electrons. The number of benzene rings is 1. The minimum atomic E-state index is -0.0902. The molecular formula is C15H14Br2N2OS. The Labute approximate surface area is 144 Å². The summed E-state index contributed by atoms with van der Waals surface area (Å²) in [5.41, 5.74) is 1.62. The number of amides is 1. The molecule has 0 unspecified atom stereocenters. The molecule has 2 rings (SSSR count). The van der Waals surface area contributed by atoms with Crippen molar-refractivity contribution in [3.8, 4) is 0 Å². The second-order valence-electron chi connectivity index (χ2n) is 4.26. The fraction of sp³-hybridized carbons (Fsp3) is 0.133. The van der Waals surface area contributed by atoms with Crippen LogP contribution in [0.5, 0.6) is 0 Å². The maximum absolute atomic E-state index is 11.7. The fourth-order valence-electron chi connectivity index (χ4n) is 1.67. The van der Waals surface area contributed by atoms with Crippen LogP contribution in [0.3, 0.4) is 0 Å². The molecule has 1 aromatic heterocycles. The summed E-state index contributed by atoms with van der Waals surface area (Å²) in [5.74, 6) is -0.0902. The SMILES string of the molecule is C=CCNC(=O)c1ccc(NCc2cc(Br)c(Br)s2)cc1. The smallest absolute Gasteiger partial charge is 0.251 e. The molecular weight excluding hydrogens is 416 g/mol. The standard InChI is InChI=1S/C15H14Br2N2OS/c1-2-7-18-15(20)10-3-5-11(6-4-10)19-9-12-8-13(16)14(17)21-12/h2-6,8,19H,1,7,9H2,(H,18,20). The van der Waals surface area contributed by atoms with Crippen molar-refractivity contribution in [1.82, 2.24) is 5.32 Å². The van der Waals surface area contributed by atoms with Crippen molar-refractivity contribution < 1.29 is 4.79 Å². The monoisotopic (exact) mass is 428 g/mol. The van der Waals surface area contributed by atoms with Gasteiger partial charge in [-0.15, -0.1) is 17.9 Å². The Hall–Kier alpha value is -1.11. The van der Waals surface area contributed by atoms with E-state index in [1.807, 2.05) is 12.1 Å². The molecule has 2 N–H and O–H groups in total. The maximum Gasteiger partial charge on any atom is 0.251 e. The van der Waals surface area contributed by atoms with Crippen LogP contribution in [-0.4, -0.2) is 12.5 Å². The molecule has 0 spiro atoms. The first-order valence-electron chi connectivity index (χ1n) is 6.27. The highest BCUT2D eigenvalue weighted by molar-refractivity contribution is 9.13. The van der Waals surface area contributed by atoms with Gasteiger partial charge in [0.2, 0.25) is 0 Å². The van der Waals surface area contributed by atoms with Crippen molar-refractivity contribution in [2.75, 3.05) is 11.9 Å². The number of anilines is 1. The van der Waals surface area contributed by atoms with Gasteiger partial charge in [-0.05, 0) is 62.2 Å². The van der Waals surface area contributed by atoms with E-state index >= 15 is 0 Å². The van der Waals surface area contributed by atoms with E-state index in [0.29, 0.717) is 12.1 Å². The number of rotatable bonds is 6. The summed E-state index contributed by atoms with van der Waals surface area (Å²) in [6, 6.07) is 9.50. The summed E-state index contributed by atoms with van der Waals surface area (Å²) in [7, 11) is 0. The first kappa shape index (κ1) is 16.3. The molecule has 0 bridgehead atoms. The van der Waals surface area contributed by atoms with E-state index < -0.39 is 0 Å². The van der Waals surface area contributed by atoms with Gasteiger partial charge in [0.05, 0.1) is 3.79 Å². The van der Waals surface area contributed by atoms with Crippen molar-refractivity contribution >= 4 is 54.8 Å². The van der Waals surface area contributed by atoms with Gasteiger partial charge in [-0.25, -0.2) is 0 Å². The van der Waals surface area contributed by atoms with Crippen LogP contribution in [-0.2, 0) is 6.54 Å². The van der Waals surface area contributed by atoms with E-state index in [1.54, 1.807) is 29.5 Å². The van der Waals surface area contributed by atoms with Crippen molar-refractivity contribution in [2.24, 2.45) is 0 Å². The third-order valence-corrected chi connectivity index (χ3v) is 5.97. The Balaban J connectivity index is 1.93. The fourth-order valence-corrected chi connectivity index (χ4v) is 3.79.